The van der Waals surface area contributed by atoms with Crippen LogP contribution < -0.4 is 32.6 Å². The van der Waals surface area contributed by atoms with Crippen molar-refractivity contribution in [3.63, 3.8) is 0 Å². The molecule has 31 heteroatoms. The van der Waals surface area contributed by atoms with E-state index < -0.39 is 98.1 Å². The molecule has 2 aromatic heterocycles. The molecule has 0 aliphatic carbocycles. The van der Waals surface area contributed by atoms with Gasteiger partial charge in [-0.15, -0.1) is 0 Å². The first kappa shape index (κ1) is 61.4. The second-order valence-corrected chi connectivity index (χ2v) is 15.7. The number of alkyl halides is 6. The van der Waals surface area contributed by atoms with Crippen LogP contribution in [0, 0.1) is 22.7 Å². The van der Waals surface area contributed by atoms with Crippen molar-refractivity contribution in [2.24, 2.45) is 11.5 Å². The van der Waals surface area contributed by atoms with E-state index in [0.717, 1.165) is 5.56 Å². The molecule has 0 fully saturated rings. The van der Waals surface area contributed by atoms with Gasteiger partial charge in [0.1, 0.15) is 77.9 Å². The lowest BCUT2D eigenvalue weighted by molar-refractivity contribution is -0.193. The van der Waals surface area contributed by atoms with Gasteiger partial charge < -0.3 is 66.9 Å². The second kappa shape index (κ2) is 28.3. The highest BCUT2D eigenvalue weighted by atomic mass is 35.5. The number of thioether (sulfide) groups is 1. The van der Waals surface area contributed by atoms with Crippen LogP contribution in [0.3, 0.4) is 0 Å². The first-order valence-corrected chi connectivity index (χ1v) is 21.5. The maximum absolute atomic E-state index is 12.9. The summed E-state index contributed by atoms with van der Waals surface area (Å²) in [7, 11) is 0. The molecule has 0 spiro atoms. The van der Waals surface area contributed by atoms with E-state index in [1.54, 1.807) is 36.4 Å². The summed E-state index contributed by atoms with van der Waals surface area (Å²) < 4.78 is 85.7. The third-order valence-corrected chi connectivity index (χ3v) is 9.93. The number of oxazole rings is 1. The molecule has 1 unspecified atom stereocenters. The van der Waals surface area contributed by atoms with Crippen LogP contribution in [0.2, 0.25) is 5.02 Å². The number of nitrogen functional groups attached to an aromatic ring is 1. The number of aliphatic hydroxyl groups excluding tert-OH is 2. The summed E-state index contributed by atoms with van der Waals surface area (Å²) in [6, 6.07) is 12.3. The summed E-state index contributed by atoms with van der Waals surface area (Å²) in [5.41, 5.74) is 19.2. The van der Waals surface area contributed by atoms with Gasteiger partial charge in [-0.3, -0.25) is 9.59 Å². The zero-order valence-electron chi connectivity index (χ0n) is 37.6. The SMILES string of the molecule is CC(NC(=O)[C@@H](N)CO)C(=O)O[C@H](COC(=O)[C@H](C)NC(=O)[C@@H](N)CO)COc1ccc(-c2c(C#N)c(N)nc(SCc3coc(-c4ccc(Cl)cc4)n3)c2C#N)cc1.O=C(O)C(F)(F)F.O=C(O)C(F)(F)F. The van der Waals surface area contributed by atoms with E-state index in [9.17, 15) is 56.0 Å². The van der Waals surface area contributed by atoms with Gasteiger partial charge in [0.25, 0.3) is 0 Å². The molecule has 0 bridgehead atoms. The molecular formula is C42H42ClF6N9O14S. The van der Waals surface area contributed by atoms with Gasteiger partial charge in [0.2, 0.25) is 17.7 Å². The van der Waals surface area contributed by atoms with Gasteiger partial charge in [-0.2, -0.15) is 36.9 Å². The number of aliphatic hydroxyl groups is 2. The van der Waals surface area contributed by atoms with Crippen molar-refractivity contribution in [3.05, 3.63) is 76.6 Å². The highest BCUT2D eigenvalue weighted by Gasteiger charge is 2.39. The second-order valence-electron chi connectivity index (χ2n) is 14.3. The number of nitrogens with zero attached hydrogens (tertiary/aromatic N) is 4. The minimum atomic E-state index is -5.08. The molecular weight excluding hydrogens is 1040 g/mol. The average Bonchev–Trinajstić information content (AvgIpc) is 3.82. The molecule has 2 heterocycles. The molecule has 2 amide bonds. The van der Waals surface area contributed by atoms with Crippen LogP contribution in [0.4, 0.5) is 32.2 Å². The van der Waals surface area contributed by atoms with E-state index in [2.05, 4.69) is 26.7 Å². The molecule has 73 heavy (non-hydrogen) atoms. The number of carbonyl (C=O) groups excluding carboxylic acids is 4. The van der Waals surface area contributed by atoms with Gasteiger partial charge in [0.15, 0.2) is 6.10 Å². The molecule has 394 valence electrons. The molecule has 2 aromatic carbocycles. The molecule has 0 aliphatic rings. The first-order valence-electron chi connectivity index (χ1n) is 20.1. The molecule has 0 saturated heterocycles. The molecule has 0 aliphatic heterocycles. The van der Waals surface area contributed by atoms with Crippen LogP contribution in [-0.4, -0.2) is 135 Å². The Kier molecular flexibility index (Phi) is 23.8. The van der Waals surface area contributed by atoms with E-state index in [-0.39, 0.29) is 45.6 Å². The highest BCUT2D eigenvalue weighted by Crippen LogP contribution is 2.37. The Morgan fingerprint density at radius 2 is 1.26 bits per heavy atom. The smallest absolute Gasteiger partial charge is 0.490 e. The van der Waals surface area contributed by atoms with Gasteiger partial charge in [-0.05, 0) is 55.8 Å². The number of esters is 2. The largest absolute Gasteiger partial charge is 0.490 e. The number of aliphatic carboxylic acids is 2. The Balaban J connectivity index is 0.00000114. The molecule has 4 rings (SSSR count). The van der Waals surface area contributed by atoms with Crippen molar-refractivity contribution >= 4 is 64.9 Å². The third kappa shape index (κ3) is 19.8. The number of ether oxygens (including phenoxy) is 3. The first-order chi connectivity index (χ1) is 34.1. The number of aromatic nitrogens is 2. The van der Waals surface area contributed by atoms with Gasteiger partial charge in [-0.1, -0.05) is 35.5 Å². The fourth-order valence-electron chi connectivity index (χ4n) is 4.95. The number of rotatable bonds is 19. The van der Waals surface area contributed by atoms with Crippen LogP contribution in [0.25, 0.3) is 22.6 Å². The van der Waals surface area contributed by atoms with Crippen LogP contribution >= 0.6 is 23.4 Å². The number of benzene rings is 2. The topological polar surface area (TPSA) is 400 Å². The number of nitrogens with one attached hydrogen (secondary N) is 2. The van der Waals surface area contributed by atoms with Gasteiger partial charge in [0.05, 0.1) is 24.5 Å². The predicted octanol–water partition coefficient (Wildman–Crippen LogP) is 2.42. The summed E-state index contributed by atoms with van der Waals surface area (Å²) in [5, 5.41) is 58.2. The summed E-state index contributed by atoms with van der Waals surface area (Å²) in [4.78, 5) is 76.3. The lowest BCUT2D eigenvalue weighted by atomic mass is 9.97. The van der Waals surface area contributed by atoms with Crippen LogP contribution in [0.15, 0.2) is 64.2 Å². The fraction of sp³-hybridized carbons (Fsp3) is 0.333. The molecule has 12 N–H and O–H groups in total. The van der Waals surface area contributed by atoms with E-state index in [1.165, 1.54) is 44.0 Å². The van der Waals surface area contributed by atoms with E-state index >= 15 is 0 Å². The minimum absolute atomic E-state index is 0.0234. The van der Waals surface area contributed by atoms with E-state index in [4.69, 9.17) is 77.4 Å². The summed E-state index contributed by atoms with van der Waals surface area (Å²) in [6.45, 7) is 0.352. The standard InChI is InChI=1S/C38H40ClN9O10S.2C2HF3O2/c1-19(45-33(51)29(42)13-49)37(53)57-17-26(58-38(54)20(2)46-34(52)30(43)14-50)16-55-25-9-5-21(6-10-25)31-27(11-40)32(44)48-36(28(31)12-41)59-18-24-15-56-35(47-24)22-3-7-23(39)8-4-22;2*3-2(4,5)1(6)7/h3-10,15,19-20,26,29-30,49-50H,13-14,16-18,42-43H2,1-2H3,(H2,44,48)(H,45,51)(H,46,52);2*(H,6,7)/t19-,20?,26-,29-,30-;;/m0../s1. The number of nitriles is 2. The third-order valence-electron chi connectivity index (χ3n) is 8.67. The summed E-state index contributed by atoms with van der Waals surface area (Å²) >= 11 is 7.15. The van der Waals surface area contributed by atoms with E-state index in [1.807, 2.05) is 6.07 Å². The number of hydrogen-bond donors (Lipinski definition) is 9. The average molecular weight is 1080 g/mol. The predicted molar refractivity (Wildman–Crippen MR) is 239 cm³/mol. The van der Waals surface area contributed by atoms with Gasteiger partial charge in [0, 0.05) is 21.9 Å². The van der Waals surface area contributed by atoms with Crippen LogP contribution in [0.5, 0.6) is 5.75 Å². The quantitative estimate of drug-likeness (QED) is 0.0370. The number of hydrogen-bond acceptors (Lipinski definition) is 20. The van der Waals surface area contributed by atoms with Crippen molar-refractivity contribution in [2.75, 3.05) is 32.2 Å². The lowest BCUT2D eigenvalue weighted by Gasteiger charge is -2.23. The van der Waals surface area contributed by atoms with Crippen molar-refractivity contribution < 1.29 is 94.2 Å². The zero-order valence-corrected chi connectivity index (χ0v) is 39.1. The van der Waals surface area contributed by atoms with Crippen molar-refractivity contribution in [1.29, 1.82) is 10.5 Å². The monoisotopic (exact) mass is 1080 g/mol. The molecule has 5 atom stereocenters. The lowest BCUT2D eigenvalue weighted by Crippen LogP contribution is -2.50. The maximum atomic E-state index is 12.9. The summed E-state index contributed by atoms with van der Waals surface area (Å²) in [5.74, 6) is -8.26. The Hall–Kier alpha value is -7.74. The van der Waals surface area contributed by atoms with Gasteiger partial charge in [-0.25, -0.2) is 29.1 Å². The Morgan fingerprint density at radius 1 is 0.781 bits per heavy atom. The molecule has 4 aromatic rings. The van der Waals surface area contributed by atoms with E-state index in [0.29, 0.717) is 22.2 Å². The normalized spacial score (nSPS) is 13.0. The fourth-order valence-corrected chi connectivity index (χ4v) is 5.94. The Morgan fingerprint density at radius 3 is 1.73 bits per heavy atom. The number of amides is 2. The number of carbonyl (C=O) groups is 6. The van der Waals surface area contributed by atoms with Crippen molar-refractivity contribution in [3.8, 4) is 40.5 Å². The van der Waals surface area contributed by atoms with Crippen molar-refractivity contribution in [2.45, 2.75) is 67.3 Å². The maximum Gasteiger partial charge on any atom is 0.490 e. The Bertz CT molecular complexity index is 2630. The number of pyridine rings is 1. The van der Waals surface area contributed by atoms with Crippen LogP contribution in [0.1, 0.15) is 30.7 Å². The molecule has 0 saturated carbocycles. The number of carboxylic acid groups (broad SMARTS) is 2. The molecule has 0 radical (unpaired) electrons. The number of carboxylic acids is 2. The van der Waals surface area contributed by atoms with Crippen LogP contribution in [-0.2, 0) is 44.0 Å². The number of anilines is 1. The number of nitrogens with two attached hydrogens (primary N) is 3. The molecule has 23 nitrogen and oxygen atoms in total. The van der Waals surface area contributed by atoms with Gasteiger partial charge >= 0.3 is 36.2 Å². The highest BCUT2D eigenvalue weighted by molar-refractivity contribution is 7.98. The summed E-state index contributed by atoms with van der Waals surface area (Å²) in [6.07, 6.45) is -9.95. The Labute approximate surface area is 417 Å². The zero-order chi connectivity index (χ0) is 55.4. The van der Waals surface area contributed by atoms with Crippen molar-refractivity contribution in [1.82, 2.24) is 20.6 Å². The number of halogens is 7. The minimum Gasteiger partial charge on any atom is -0.490 e.